The van der Waals surface area contributed by atoms with E-state index in [9.17, 15) is 14.9 Å². The predicted octanol–water partition coefficient (Wildman–Crippen LogP) is -0.343. The van der Waals surface area contributed by atoms with Crippen molar-refractivity contribution in [2.24, 2.45) is 0 Å². The highest BCUT2D eigenvalue weighted by Gasteiger charge is 2.22. The Bertz CT molecular complexity index is 491. The van der Waals surface area contributed by atoms with Crippen molar-refractivity contribution in [1.82, 2.24) is 15.3 Å². The van der Waals surface area contributed by atoms with Gasteiger partial charge in [-0.1, -0.05) is 0 Å². The number of carbonyl (C=O) groups excluding carboxylic acids is 1. The summed E-state index contributed by atoms with van der Waals surface area (Å²) >= 11 is 0. The fourth-order valence-corrected chi connectivity index (χ4v) is 1.70. The van der Waals surface area contributed by atoms with Crippen molar-refractivity contribution in [3.05, 3.63) is 16.3 Å². The summed E-state index contributed by atoms with van der Waals surface area (Å²) in [4.78, 5) is 28.5. The molecule has 1 aliphatic heterocycles. The lowest BCUT2D eigenvalue weighted by molar-refractivity contribution is -0.384. The molecule has 4 N–H and O–H groups in total. The molecule has 0 aliphatic carbocycles. The fraction of sp³-hybridized carbons (Fsp3) is 0.444. The molecule has 0 bridgehead atoms. The van der Waals surface area contributed by atoms with Gasteiger partial charge >= 0.3 is 5.69 Å². The third kappa shape index (κ3) is 2.62. The Morgan fingerprint density at radius 2 is 2.44 bits per heavy atom. The number of amides is 1. The van der Waals surface area contributed by atoms with Gasteiger partial charge in [-0.15, -0.1) is 0 Å². The van der Waals surface area contributed by atoms with Crippen molar-refractivity contribution in [3.8, 4) is 0 Å². The van der Waals surface area contributed by atoms with Gasteiger partial charge in [0.25, 0.3) is 0 Å². The molecule has 1 aromatic rings. The number of carbonyl (C=O) groups is 1. The van der Waals surface area contributed by atoms with Crippen LogP contribution in [0.3, 0.4) is 0 Å². The first-order valence-corrected chi connectivity index (χ1v) is 5.36. The normalized spacial score (nSPS) is 18.4. The Morgan fingerprint density at radius 3 is 3.06 bits per heavy atom. The highest BCUT2D eigenvalue weighted by atomic mass is 16.6. The Labute approximate surface area is 102 Å². The molecular formula is C9H12N6O3. The lowest BCUT2D eigenvalue weighted by Crippen LogP contribution is -2.32. The van der Waals surface area contributed by atoms with Gasteiger partial charge in [-0.2, -0.15) is 4.98 Å². The zero-order chi connectivity index (χ0) is 13.1. The zero-order valence-electron chi connectivity index (χ0n) is 9.42. The fourth-order valence-electron chi connectivity index (χ4n) is 1.70. The molecule has 1 aliphatic rings. The molecule has 1 unspecified atom stereocenters. The lowest BCUT2D eigenvalue weighted by Gasteiger charge is -2.11. The van der Waals surface area contributed by atoms with Crippen molar-refractivity contribution >= 4 is 23.4 Å². The summed E-state index contributed by atoms with van der Waals surface area (Å²) in [7, 11) is 0. The van der Waals surface area contributed by atoms with Gasteiger partial charge in [0.2, 0.25) is 17.7 Å². The molecule has 1 atom stereocenters. The first kappa shape index (κ1) is 12.0. The molecule has 1 amide bonds. The van der Waals surface area contributed by atoms with Crippen LogP contribution >= 0.6 is 0 Å². The van der Waals surface area contributed by atoms with E-state index < -0.39 is 4.92 Å². The largest absolute Gasteiger partial charge is 0.368 e. The van der Waals surface area contributed by atoms with Crippen LogP contribution in [0.4, 0.5) is 17.5 Å². The Hall–Kier alpha value is -2.45. The van der Waals surface area contributed by atoms with Crippen LogP contribution in [0, 0.1) is 10.1 Å². The minimum Gasteiger partial charge on any atom is -0.368 e. The van der Waals surface area contributed by atoms with E-state index in [-0.39, 0.29) is 29.4 Å². The van der Waals surface area contributed by atoms with Crippen molar-refractivity contribution in [3.63, 3.8) is 0 Å². The maximum absolute atomic E-state index is 11.0. The number of nitrogens with zero attached hydrogens (tertiary/aromatic N) is 3. The van der Waals surface area contributed by atoms with Crippen molar-refractivity contribution in [1.29, 1.82) is 0 Å². The van der Waals surface area contributed by atoms with Gasteiger partial charge < -0.3 is 16.4 Å². The maximum Gasteiger partial charge on any atom is 0.329 e. The van der Waals surface area contributed by atoms with Gasteiger partial charge in [0.15, 0.2) is 0 Å². The number of nitrogen functional groups attached to an aromatic ring is 1. The third-order valence-corrected chi connectivity index (χ3v) is 2.59. The lowest BCUT2D eigenvalue weighted by atomic mass is 10.2. The second-order valence-electron chi connectivity index (χ2n) is 3.90. The highest BCUT2D eigenvalue weighted by Crippen LogP contribution is 2.21. The van der Waals surface area contributed by atoms with Crippen molar-refractivity contribution in [2.45, 2.75) is 18.9 Å². The Morgan fingerprint density at radius 1 is 1.67 bits per heavy atom. The molecule has 1 aromatic heterocycles. The van der Waals surface area contributed by atoms with E-state index in [1.165, 1.54) is 0 Å². The van der Waals surface area contributed by atoms with E-state index >= 15 is 0 Å². The summed E-state index contributed by atoms with van der Waals surface area (Å²) in [6.45, 7) is 0.364. The van der Waals surface area contributed by atoms with Crippen LogP contribution in [0.15, 0.2) is 6.20 Å². The van der Waals surface area contributed by atoms with E-state index in [2.05, 4.69) is 20.6 Å². The SMILES string of the molecule is Nc1ncc([N+](=O)[O-])c(NCC2CCC(=O)N2)n1. The molecule has 18 heavy (non-hydrogen) atoms. The predicted molar refractivity (Wildman–Crippen MR) is 62.8 cm³/mol. The summed E-state index contributed by atoms with van der Waals surface area (Å²) < 4.78 is 0. The van der Waals surface area contributed by atoms with E-state index in [0.29, 0.717) is 19.4 Å². The number of nitrogens with two attached hydrogens (primary N) is 1. The molecule has 96 valence electrons. The average Bonchev–Trinajstić information content (AvgIpc) is 2.72. The summed E-state index contributed by atoms with van der Waals surface area (Å²) in [5, 5.41) is 16.3. The van der Waals surface area contributed by atoms with Crippen LogP contribution in [0.25, 0.3) is 0 Å². The minimum absolute atomic E-state index is 0.0153. The molecular weight excluding hydrogens is 240 g/mol. The minimum atomic E-state index is -0.588. The third-order valence-electron chi connectivity index (χ3n) is 2.59. The van der Waals surface area contributed by atoms with Crippen LogP contribution in [0.5, 0.6) is 0 Å². The van der Waals surface area contributed by atoms with Crippen molar-refractivity contribution < 1.29 is 9.72 Å². The van der Waals surface area contributed by atoms with E-state index in [1.807, 2.05) is 0 Å². The molecule has 0 radical (unpaired) electrons. The number of anilines is 2. The highest BCUT2D eigenvalue weighted by molar-refractivity contribution is 5.78. The quantitative estimate of drug-likeness (QED) is 0.492. The van der Waals surface area contributed by atoms with Gasteiger partial charge in [-0.3, -0.25) is 14.9 Å². The number of hydrogen-bond donors (Lipinski definition) is 3. The first-order valence-electron chi connectivity index (χ1n) is 5.36. The topological polar surface area (TPSA) is 136 Å². The summed E-state index contributed by atoms with van der Waals surface area (Å²) in [5.74, 6) is 0.00528. The van der Waals surface area contributed by atoms with Crippen LogP contribution in [0.1, 0.15) is 12.8 Å². The van der Waals surface area contributed by atoms with Crippen LogP contribution < -0.4 is 16.4 Å². The van der Waals surface area contributed by atoms with Crippen LogP contribution in [0.2, 0.25) is 0 Å². The molecule has 9 nitrogen and oxygen atoms in total. The number of nitrogens with one attached hydrogen (secondary N) is 2. The summed E-state index contributed by atoms with van der Waals surface area (Å²) in [5.41, 5.74) is 5.14. The van der Waals surface area contributed by atoms with Gasteiger partial charge in [-0.25, -0.2) is 4.98 Å². The molecule has 1 fully saturated rings. The monoisotopic (exact) mass is 252 g/mol. The summed E-state index contributed by atoms with van der Waals surface area (Å²) in [6.07, 6.45) is 2.22. The smallest absolute Gasteiger partial charge is 0.329 e. The molecule has 2 rings (SSSR count). The molecule has 0 aromatic carbocycles. The molecule has 0 saturated carbocycles. The van der Waals surface area contributed by atoms with Crippen LogP contribution in [-0.4, -0.2) is 33.4 Å². The van der Waals surface area contributed by atoms with Gasteiger partial charge in [0.05, 0.1) is 4.92 Å². The first-order chi connectivity index (χ1) is 8.56. The number of nitro groups is 1. The molecule has 1 saturated heterocycles. The Balaban J connectivity index is 2.06. The van der Waals surface area contributed by atoms with Gasteiger partial charge in [0, 0.05) is 19.0 Å². The van der Waals surface area contributed by atoms with E-state index in [4.69, 9.17) is 5.73 Å². The van der Waals surface area contributed by atoms with Crippen molar-refractivity contribution in [2.75, 3.05) is 17.6 Å². The van der Waals surface area contributed by atoms with E-state index in [1.54, 1.807) is 0 Å². The second-order valence-corrected chi connectivity index (χ2v) is 3.90. The standard InChI is InChI=1S/C9H12N6O3/c10-9-12-4-6(15(17)18)8(14-9)11-3-5-1-2-7(16)13-5/h4-5H,1-3H2,(H,13,16)(H3,10,11,12,14). The number of hydrogen-bond acceptors (Lipinski definition) is 7. The average molecular weight is 252 g/mol. The zero-order valence-corrected chi connectivity index (χ0v) is 9.42. The number of rotatable bonds is 4. The maximum atomic E-state index is 11.0. The number of aromatic nitrogens is 2. The molecule has 0 spiro atoms. The summed E-state index contributed by atoms with van der Waals surface area (Å²) in [6, 6.07) is -0.0479. The van der Waals surface area contributed by atoms with Gasteiger partial charge in [-0.05, 0) is 6.42 Å². The molecule has 9 heteroatoms. The molecule has 2 heterocycles. The van der Waals surface area contributed by atoms with E-state index in [0.717, 1.165) is 6.20 Å². The van der Waals surface area contributed by atoms with Gasteiger partial charge in [0.1, 0.15) is 6.20 Å². The Kier molecular flexibility index (Phi) is 3.22. The second kappa shape index (κ2) is 4.82. The van der Waals surface area contributed by atoms with Crippen LogP contribution in [-0.2, 0) is 4.79 Å².